The fraction of sp³-hybridized carbons (Fsp3) is 0.611. The number of ether oxygens (including phenoxy) is 2. The van der Waals surface area contributed by atoms with Gasteiger partial charge in [0.05, 0.1) is 24.7 Å². The van der Waals surface area contributed by atoms with Crippen molar-refractivity contribution in [1.29, 1.82) is 0 Å². The van der Waals surface area contributed by atoms with Gasteiger partial charge in [0.15, 0.2) is 11.5 Å². The fourth-order valence-electron chi connectivity index (χ4n) is 2.95. The predicted octanol–water partition coefficient (Wildman–Crippen LogP) is 4.25. The minimum Gasteiger partial charge on any atom is -0.490 e. The van der Waals surface area contributed by atoms with E-state index in [2.05, 4.69) is 19.2 Å². The highest BCUT2D eigenvalue weighted by Crippen LogP contribution is 2.64. The third kappa shape index (κ3) is 3.18. The van der Waals surface area contributed by atoms with E-state index in [-0.39, 0.29) is 17.9 Å². The van der Waals surface area contributed by atoms with Crippen LogP contribution < -0.4 is 14.8 Å². The smallest absolute Gasteiger partial charge is 0.229 e. The molecule has 3 rings (SSSR count). The Kier molecular flexibility index (Phi) is 4.65. The molecule has 0 aromatic heterocycles. The molecule has 2 aliphatic rings. The summed E-state index contributed by atoms with van der Waals surface area (Å²) in [5.74, 6) is 1.57. The maximum atomic E-state index is 12.6. The Morgan fingerprint density at radius 2 is 1.83 bits per heavy atom. The number of alkyl halides is 2. The van der Waals surface area contributed by atoms with Gasteiger partial charge in [0, 0.05) is 6.42 Å². The van der Waals surface area contributed by atoms with Crippen LogP contribution in [0, 0.1) is 11.3 Å². The number of halogens is 2. The van der Waals surface area contributed by atoms with E-state index < -0.39 is 9.75 Å². The van der Waals surface area contributed by atoms with E-state index in [1.165, 1.54) is 0 Å². The third-order valence-electron chi connectivity index (χ3n) is 4.84. The van der Waals surface area contributed by atoms with Crippen molar-refractivity contribution in [2.75, 3.05) is 13.2 Å². The van der Waals surface area contributed by atoms with Crippen molar-refractivity contribution in [3.63, 3.8) is 0 Å². The number of benzene rings is 1. The number of amides is 1. The van der Waals surface area contributed by atoms with Crippen molar-refractivity contribution in [2.24, 2.45) is 11.3 Å². The summed E-state index contributed by atoms with van der Waals surface area (Å²) in [6, 6.07) is 5.69. The molecule has 1 aromatic carbocycles. The van der Waals surface area contributed by atoms with Gasteiger partial charge >= 0.3 is 0 Å². The van der Waals surface area contributed by atoms with Gasteiger partial charge < -0.3 is 14.8 Å². The number of hydrogen-bond acceptors (Lipinski definition) is 3. The highest BCUT2D eigenvalue weighted by molar-refractivity contribution is 6.53. The summed E-state index contributed by atoms with van der Waals surface area (Å²) in [6.45, 7) is 7.22. The Morgan fingerprint density at radius 3 is 2.42 bits per heavy atom. The molecule has 1 aliphatic heterocycles. The zero-order chi connectivity index (χ0) is 17.5. The van der Waals surface area contributed by atoms with Crippen molar-refractivity contribution >= 4 is 29.1 Å². The number of hydrogen-bond donors (Lipinski definition) is 1. The standard InChI is InChI=1S/C18H23Cl2NO3/c1-11(2)15(21-16(22)17(3)10-18(17,19)20)12-5-6-13-14(9-12)24-8-4-7-23-13/h5-6,9,11,15H,4,7-8,10H2,1-3H3,(H,21,22). The molecule has 4 nitrogen and oxygen atoms in total. The van der Waals surface area contributed by atoms with Crippen LogP contribution in [0.25, 0.3) is 0 Å². The molecule has 24 heavy (non-hydrogen) atoms. The highest BCUT2D eigenvalue weighted by atomic mass is 35.5. The molecule has 1 saturated carbocycles. The van der Waals surface area contributed by atoms with E-state index in [1.807, 2.05) is 18.2 Å². The third-order valence-corrected chi connectivity index (χ3v) is 5.94. The summed E-state index contributed by atoms with van der Waals surface area (Å²) in [6.07, 6.45) is 1.33. The van der Waals surface area contributed by atoms with E-state index in [0.717, 1.165) is 23.5 Å². The van der Waals surface area contributed by atoms with Crippen LogP contribution in [0.1, 0.15) is 45.2 Å². The van der Waals surface area contributed by atoms with Crippen LogP contribution in [-0.2, 0) is 4.79 Å². The zero-order valence-electron chi connectivity index (χ0n) is 14.2. The monoisotopic (exact) mass is 371 g/mol. The van der Waals surface area contributed by atoms with E-state index in [1.54, 1.807) is 6.92 Å². The average molecular weight is 372 g/mol. The first-order chi connectivity index (χ1) is 11.2. The molecular formula is C18H23Cl2NO3. The van der Waals surface area contributed by atoms with Crippen molar-refractivity contribution < 1.29 is 14.3 Å². The molecule has 2 unspecified atom stereocenters. The van der Waals surface area contributed by atoms with Gasteiger partial charge in [0.2, 0.25) is 5.91 Å². The fourth-order valence-corrected chi connectivity index (χ4v) is 3.66. The first-order valence-electron chi connectivity index (χ1n) is 8.33. The molecule has 1 aliphatic carbocycles. The molecule has 2 atom stereocenters. The Morgan fingerprint density at radius 1 is 1.21 bits per heavy atom. The van der Waals surface area contributed by atoms with Gasteiger partial charge in [-0.3, -0.25) is 4.79 Å². The van der Waals surface area contributed by atoms with Crippen molar-refractivity contribution in [1.82, 2.24) is 5.32 Å². The number of nitrogens with one attached hydrogen (secondary N) is 1. The molecule has 1 amide bonds. The Bertz CT molecular complexity index is 647. The maximum absolute atomic E-state index is 12.6. The quantitative estimate of drug-likeness (QED) is 0.804. The Labute approximate surface area is 152 Å². The molecule has 0 spiro atoms. The zero-order valence-corrected chi connectivity index (χ0v) is 15.7. The van der Waals surface area contributed by atoms with E-state index >= 15 is 0 Å². The molecule has 1 fully saturated rings. The van der Waals surface area contributed by atoms with E-state index in [9.17, 15) is 4.79 Å². The summed E-state index contributed by atoms with van der Waals surface area (Å²) in [5.41, 5.74) is 0.260. The molecule has 1 heterocycles. The Hall–Kier alpha value is -1.13. The molecular weight excluding hydrogens is 349 g/mol. The lowest BCUT2D eigenvalue weighted by atomic mass is 9.94. The van der Waals surface area contributed by atoms with E-state index in [4.69, 9.17) is 32.7 Å². The number of fused-ring (bicyclic) bond motifs is 1. The van der Waals surface area contributed by atoms with Crippen molar-refractivity contribution in [3.05, 3.63) is 23.8 Å². The number of rotatable bonds is 4. The second-order valence-electron chi connectivity index (χ2n) is 7.17. The molecule has 132 valence electrons. The lowest BCUT2D eigenvalue weighted by molar-refractivity contribution is -0.126. The van der Waals surface area contributed by atoms with E-state index in [0.29, 0.717) is 19.6 Å². The van der Waals surface area contributed by atoms with Crippen molar-refractivity contribution in [2.45, 2.75) is 44.0 Å². The van der Waals surface area contributed by atoms with Gasteiger partial charge in [-0.05, 0) is 37.0 Å². The lowest BCUT2D eigenvalue weighted by Crippen LogP contribution is -2.38. The Balaban J connectivity index is 1.81. The van der Waals surface area contributed by atoms with Gasteiger partial charge in [0.25, 0.3) is 0 Å². The van der Waals surface area contributed by atoms with Crippen LogP contribution >= 0.6 is 23.2 Å². The highest BCUT2D eigenvalue weighted by Gasteiger charge is 2.68. The van der Waals surface area contributed by atoms with Gasteiger partial charge in [-0.2, -0.15) is 0 Å². The van der Waals surface area contributed by atoms with Crippen LogP contribution in [0.15, 0.2) is 18.2 Å². The number of carbonyl (C=O) groups is 1. The summed E-state index contributed by atoms with van der Waals surface area (Å²) in [5, 5.41) is 3.11. The van der Waals surface area contributed by atoms with Crippen LogP contribution in [-0.4, -0.2) is 23.5 Å². The minimum absolute atomic E-state index is 0.113. The maximum Gasteiger partial charge on any atom is 0.229 e. The SMILES string of the molecule is CC(C)C(NC(=O)C1(C)CC1(Cl)Cl)c1ccc2c(c1)OCCCO2. The van der Waals surface area contributed by atoms with Crippen LogP contribution in [0.3, 0.4) is 0 Å². The summed E-state index contributed by atoms with van der Waals surface area (Å²) in [7, 11) is 0. The van der Waals surface area contributed by atoms with Gasteiger partial charge in [-0.25, -0.2) is 0 Å². The van der Waals surface area contributed by atoms with Crippen LogP contribution in [0.5, 0.6) is 11.5 Å². The normalized spacial score (nSPS) is 25.8. The first-order valence-corrected chi connectivity index (χ1v) is 9.08. The van der Waals surface area contributed by atoms with Crippen LogP contribution in [0.4, 0.5) is 0 Å². The summed E-state index contributed by atoms with van der Waals surface area (Å²) < 4.78 is 10.5. The molecule has 0 bridgehead atoms. The van der Waals surface area contributed by atoms with Crippen LogP contribution in [0.2, 0.25) is 0 Å². The second kappa shape index (κ2) is 6.30. The predicted molar refractivity (Wildman–Crippen MR) is 94.9 cm³/mol. The molecule has 0 radical (unpaired) electrons. The molecule has 1 N–H and O–H groups in total. The largest absolute Gasteiger partial charge is 0.490 e. The molecule has 1 aromatic rings. The summed E-state index contributed by atoms with van der Waals surface area (Å²) in [4.78, 5) is 12.6. The number of carbonyl (C=O) groups excluding carboxylic acids is 1. The molecule has 0 saturated heterocycles. The molecule has 6 heteroatoms. The van der Waals surface area contributed by atoms with Gasteiger partial charge in [-0.1, -0.05) is 19.9 Å². The minimum atomic E-state index is -0.969. The second-order valence-corrected chi connectivity index (χ2v) is 8.65. The van der Waals surface area contributed by atoms with Gasteiger partial charge in [0.1, 0.15) is 4.33 Å². The van der Waals surface area contributed by atoms with Crippen molar-refractivity contribution in [3.8, 4) is 11.5 Å². The average Bonchev–Trinajstić information content (AvgIpc) is 3.13. The first kappa shape index (κ1) is 17.7. The summed E-state index contributed by atoms with van der Waals surface area (Å²) >= 11 is 12.3. The van der Waals surface area contributed by atoms with Gasteiger partial charge in [-0.15, -0.1) is 23.2 Å². The lowest BCUT2D eigenvalue weighted by Gasteiger charge is -2.26. The topological polar surface area (TPSA) is 47.6 Å².